The van der Waals surface area contributed by atoms with Gasteiger partial charge in [-0.2, -0.15) is 0 Å². The fraction of sp³-hybridized carbons (Fsp3) is 1.00. The molecule has 1 rings (SSSR count). The lowest BCUT2D eigenvalue weighted by Gasteiger charge is -2.37. The van der Waals surface area contributed by atoms with Crippen LogP contribution in [0.15, 0.2) is 0 Å². The molecule has 1 aliphatic heterocycles. The zero-order chi connectivity index (χ0) is 11.1. The standard InChI is InChI=1S/C11H23ClN2O/c1-11(3-10-15-2)14-8-6-13(5-4-12)7-9-14/h11H,3-10H2,1-2H3. The third kappa shape index (κ3) is 4.68. The average molecular weight is 235 g/mol. The molecule has 4 heteroatoms. The molecule has 0 N–H and O–H groups in total. The van der Waals surface area contributed by atoms with Crippen molar-refractivity contribution >= 4 is 11.6 Å². The Hall–Kier alpha value is 0.170. The van der Waals surface area contributed by atoms with Gasteiger partial charge in [-0.05, 0) is 13.3 Å². The van der Waals surface area contributed by atoms with E-state index in [4.69, 9.17) is 16.3 Å². The molecule has 0 aromatic rings. The summed E-state index contributed by atoms with van der Waals surface area (Å²) in [4.78, 5) is 4.98. The van der Waals surface area contributed by atoms with E-state index in [9.17, 15) is 0 Å². The van der Waals surface area contributed by atoms with Crippen LogP contribution >= 0.6 is 11.6 Å². The third-order valence-corrected chi connectivity index (χ3v) is 3.34. The topological polar surface area (TPSA) is 15.7 Å². The van der Waals surface area contributed by atoms with Gasteiger partial charge in [-0.3, -0.25) is 9.80 Å². The number of ether oxygens (including phenoxy) is 1. The van der Waals surface area contributed by atoms with E-state index in [2.05, 4.69) is 16.7 Å². The van der Waals surface area contributed by atoms with E-state index in [0.717, 1.165) is 38.5 Å². The molecule has 1 aliphatic rings. The van der Waals surface area contributed by atoms with Crippen LogP contribution < -0.4 is 0 Å². The summed E-state index contributed by atoms with van der Waals surface area (Å²) >= 11 is 5.73. The monoisotopic (exact) mass is 234 g/mol. The Morgan fingerprint density at radius 1 is 1.27 bits per heavy atom. The van der Waals surface area contributed by atoms with Gasteiger partial charge in [0.05, 0.1) is 0 Å². The Kier molecular flexibility index (Phi) is 6.57. The number of hydrogen-bond donors (Lipinski definition) is 0. The molecule has 0 aromatic carbocycles. The lowest BCUT2D eigenvalue weighted by Crippen LogP contribution is -2.50. The summed E-state index contributed by atoms with van der Waals surface area (Å²) in [5, 5.41) is 0. The van der Waals surface area contributed by atoms with Gasteiger partial charge in [0.15, 0.2) is 0 Å². The SMILES string of the molecule is COCCC(C)N1CCN(CCCl)CC1. The Bertz CT molecular complexity index is 161. The Balaban J connectivity index is 2.18. The summed E-state index contributed by atoms with van der Waals surface area (Å²) in [7, 11) is 1.77. The van der Waals surface area contributed by atoms with E-state index in [-0.39, 0.29) is 0 Å². The maximum absolute atomic E-state index is 5.73. The Morgan fingerprint density at radius 2 is 1.93 bits per heavy atom. The van der Waals surface area contributed by atoms with Crippen LogP contribution in [0, 0.1) is 0 Å². The van der Waals surface area contributed by atoms with E-state index in [1.165, 1.54) is 13.1 Å². The predicted octanol–water partition coefficient (Wildman–Crippen LogP) is 1.27. The van der Waals surface area contributed by atoms with Crippen molar-refractivity contribution in [3.8, 4) is 0 Å². The highest BCUT2D eigenvalue weighted by Gasteiger charge is 2.20. The van der Waals surface area contributed by atoms with Gasteiger partial charge in [-0.15, -0.1) is 11.6 Å². The Morgan fingerprint density at radius 3 is 2.47 bits per heavy atom. The van der Waals surface area contributed by atoms with E-state index in [1.807, 2.05) is 0 Å². The number of rotatable bonds is 6. The summed E-state index contributed by atoms with van der Waals surface area (Å²) in [5.74, 6) is 0.749. The fourth-order valence-corrected chi connectivity index (χ4v) is 2.26. The number of hydrogen-bond acceptors (Lipinski definition) is 3. The highest BCUT2D eigenvalue weighted by molar-refractivity contribution is 6.18. The molecule has 0 amide bonds. The summed E-state index contributed by atoms with van der Waals surface area (Å²) in [6.07, 6.45) is 1.13. The summed E-state index contributed by atoms with van der Waals surface area (Å²) in [5.41, 5.74) is 0. The maximum atomic E-state index is 5.73. The van der Waals surface area contributed by atoms with E-state index in [0.29, 0.717) is 6.04 Å². The highest BCUT2D eigenvalue weighted by Crippen LogP contribution is 2.08. The van der Waals surface area contributed by atoms with E-state index < -0.39 is 0 Å². The van der Waals surface area contributed by atoms with E-state index in [1.54, 1.807) is 7.11 Å². The molecule has 90 valence electrons. The molecule has 0 spiro atoms. The molecule has 1 fully saturated rings. The second kappa shape index (κ2) is 7.44. The Labute approximate surface area is 98.3 Å². The van der Waals surface area contributed by atoms with Gasteiger partial charge >= 0.3 is 0 Å². The molecule has 1 heterocycles. The number of piperazine rings is 1. The third-order valence-electron chi connectivity index (χ3n) is 3.17. The van der Waals surface area contributed by atoms with Gasteiger partial charge in [0, 0.05) is 58.4 Å². The van der Waals surface area contributed by atoms with Crippen molar-refractivity contribution in [2.75, 3.05) is 52.3 Å². The van der Waals surface area contributed by atoms with Crippen molar-refractivity contribution in [1.82, 2.24) is 9.80 Å². The first-order valence-electron chi connectivity index (χ1n) is 5.79. The van der Waals surface area contributed by atoms with Gasteiger partial charge in [0.25, 0.3) is 0 Å². The number of methoxy groups -OCH3 is 1. The molecule has 1 saturated heterocycles. The molecule has 1 atom stereocenters. The van der Waals surface area contributed by atoms with E-state index >= 15 is 0 Å². The largest absolute Gasteiger partial charge is 0.385 e. The molecule has 0 aliphatic carbocycles. The number of nitrogens with zero attached hydrogens (tertiary/aromatic N) is 2. The van der Waals surface area contributed by atoms with Crippen molar-refractivity contribution in [3.63, 3.8) is 0 Å². The highest BCUT2D eigenvalue weighted by atomic mass is 35.5. The number of halogens is 1. The minimum atomic E-state index is 0.642. The average Bonchev–Trinajstić information content (AvgIpc) is 2.27. The summed E-state index contributed by atoms with van der Waals surface area (Å²) in [6.45, 7) is 8.83. The van der Waals surface area contributed by atoms with Crippen LogP contribution in [0.2, 0.25) is 0 Å². The molecule has 0 saturated carbocycles. The first-order chi connectivity index (χ1) is 7.27. The smallest absolute Gasteiger partial charge is 0.0477 e. The van der Waals surface area contributed by atoms with Gasteiger partial charge in [-0.25, -0.2) is 0 Å². The molecule has 0 aromatic heterocycles. The zero-order valence-electron chi connectivity index (χ0n) is 9.91. The zero-order valence-corrected chi connectivity index (χ0v) is 10.7. The van der Waals surface area contributed by atoms with Gasteiger partial charge < -0.3 is 4.74 Å². The first-order valence-corrected chi connectivity index (χ1v) is 6.32. The van der Waals surface area contributed by atoms with Gasteiger partial charge in [0.1, 0.15) is 0 Å². The second-order valence-corrected chi connectivity index (χ2v) is 4.58. The fourth-order valence-electron chi connectivity index (χ4n) is 2.02. The maximum Gasteiger partial charge on any atom is 0.0477 e. The van der Waals surface area contributed by atoms with Gasteiger partial charge in [-0.1, -0.05) is 0 Å². The normalized spacial score (nSPS) is 21.8. The van der Waals surface area contributed by atoms with Crippen LogP contribution in [-0.4, -0.2) is 68.2 Å². The molecule has 0 radical (unpaired) electrons. The minimum Gasteiger partial charge on any atom is -0.385 e. The molecule has 0 bridgehead atoms. The first kappa shape index (κ1) is 13.2. The number of alkyl halides is 1. The van der Waals surface area contributed by atoms with Crippen molar-refractivity contribution in [2.45, 2.75) is 19.4 Å². The summed E-state index contributed by atoms with van der Waals surface area (Å²) < 4.78 is 5.11. The molecule has 3 nitrogen and oxygen atoms in total. The molecular weight excluding hydrogens is 212 g/mol. The lowest BCUT2D eigenvalue weighted by atomic mass is 10.2. The quantitative estimate of drug-likeness (QED) is 0.644. The van der Waals surface area contributed by atoms with Crippen molar-refractivity contribution in [2.24, 2.45) is 0 Å². The van der Waals surface area contributed by atoms with Crippen LogP contribution in [0.1, 0.15) is 13.3 Å². The van der Waals surface area contributed by atoms with Crippen LogP contribution in [0.25, 0.3) is 0 Å². The van der Waals surface area contributed by atoms with Crippen molar-refractivity contribution in [3.05, 3.63) is 0 Å². The van der Waals surface area contributed by atoms with Crippen molar-refractivity contribution < 1.29 is 4.74 Å². The van der Waals surface area contributed by atoms with Gasteiger partial charge in [0.2, 0.25) is 0 Å². The van der Waals surface area contributed by atoms with Crippen molar-refractivity contribution in [1.29, 1.82) is 0 Å². The molecular formula is C11H23ClN2O. The van der Waals surface area contributed by atoms with Crippen LogP contribution in [0.4, 0.5) is 0 Å². The second-order valence-electron chi connectivity index (χ2n) is 4.20. The minimum absolute atomic E-state index is 0.642. The van der Waals surface area contributed by atoms with Crippen LogP contribution in [0.5, 0.6) is 0 Å². The lowest BCUT2D eigenvalue weighted by molar-refractivity contribution is 0.0855. The summed E-state index contributed by atoms with van der Waals surface area (Å²) in [6, 6.07) is 0.642. The molecule has 15 heavy (non-hydrogen) atoms. The van der Waals surface area contributed by atoms with Crippen LogP contribution in [-0.2, 0) is 4.74 Å². The predicted molar refractivity (Wildman–Crippen MR) is 64.7 cm³/mol. The molecule has 1 unspecified atom stereocenters. The van der Waals surface area contributed by atoms with Crippen LogP contribution in [0.3, 0.4) is 0 Å².